The second kappa shape index (κ2) is 9.76. The predicted octanol–water partition coefficient (Wildman–Crippen LogP) is 5.70. The minimum Gasteiger partial charge on any atom is -0.461 e. The van der Waals surface area contributed by atoms with Crippen LogP contribution >= 0.6 is 23.2 Å². The molecule has 0 bridgehead atoms. The minimum absolute atomic E-state index is 0.0860. The predicted molar refractivity (Wildman–Crippen MR) is 125 cm³/mol. The molecule has 0 spiro atoms. The van der Waals surface area contributed by atoms with Crippen LogP contribution in [0.15, 0.2) is 48.5 Å². The Bertz CT molecular complexity index is 1140. The Hall–Kier alpha value is -2.83. The van der Waals surface area contributed by atoms with Crippen LogP contribution in [0.2, 0.25) is 10.0 Å². The van der Waals surface area contributed by atoms with Crippen LogP contribution in [-0.2, 0) is 4.74 Å². The molecule has 8 heteroatoms. The molecule has 32 heavy (non-hydrogen) atoms. The molecule has 1 heterocycles. The summed E-state index contributed by atoms with van der Waals surface area (Å²) in [7, 11) is 0. The largest absolute Gasteiger partial charge is 0.461 e. The maximum Gasteiger partial charge on any atom is 0.358 e. The van der Waals surface area contributed by atoms with Crippen LogP contribution in [0.1, 0.15) is 53.5 Å². The molecule has 1 aliphatic carbocycles. The Morgan fingerprint density at radius 2 is 1.81 bits per heavy atom. The molecule has 166 valence electrons. The maximum absolute atomic E-state index is 12.6. The lowest BCUT2D eigenvalue weighted by Gasteiger charge is -2.13. The molecule has 0 atom stereocenters. The molecule has 1 N–H and O–H groups in total. The summed E-state index contributed by atoms with van der Waals surface area (Å²) in [5, 5.41) is 8.47. The van der Waals surface area contributed by atoms with Gasteiger partial charge in [0.05, 0.1) is 23.0 Å². The SMILES string of the molecule is CCOC(=O)c1cc(-c2ccc(Cl)cc2Cl)n(-c2ccc(C(=O)NC3CCCC3)cc2)n1. The number of benzene rings is 2. The van der Waals surface area contributed by atoms with Crippen molar-refractivity contribution in [2.24, 2.45) is 0 Å². The number of hydrogen-bond donors (Lipinski definition) is 1. The number of aromatic nitrogens is 2. The van der Waals surface area contributed by atoms with Crippen molar-refractivity contribution in [2.45, 2.75) is 38.6 Å². The molecule has 0 saturated heterocycles. The van der Waals surface area contributed by atoms with Gasteiger partial charge in [0.1, 0.15) is 0 Å². The Morgan fingerprint density at radius 1 is 1.09 bits per heavy atom. The van der Waals surface area contributed by atoms with Gasteiger partial charge in [-0.2, -0.15) is 5.10 Å². The van der Waals surface area contributed by atoms with Crippen LogP contribution in [0, 0.1) is 0 Å². The lowest BCUT2D eigenvalue weighted by molar-refractivity contribution is 0.0518. The number of hydrogen-bond acceptors (Lipinski definition) is 4. The summed E-state index contributed by atoms with van der Waals surface area (Å²) in [6.45, 7) is 1.98. The fraction of sp³-hybridized carbons (Fsp3) is 0.292. The van der Waals surface area contributed by atoms with E-state index in [2.05, 4.69) is 10.4 Å². The molecule has 1 saturated carbocycles. The van der Waals surface area contributed by atoms with Crippen LogP contribution in [0.3, 0.4) is 0 Å². The number of esters is 1. The van der Waals surface area contributed by atoms with Crippen molar-refractivity contribution in [1.82, 2.24) is 15.1 Å². The average molecular weight is 472 g/mol. The van der Waals surface area contributed by atoms with E-state index in [1.807, 2.05) is 0 Å². The van der Waals surface area contributed by atoms with Crippen molar-refractivity contribution in [3.8, 4) is 16.9 Å². The molecule has 3 aromatic rings. The van der Waals surface area contributed by atoms with Gasteiger partial charge in [-0.05, 0) is 68.3 Å². The molecule has 0 unspecified atom stereocenters. The first-order valence-electron chi connectivity index (χ1n) is 10.6. The summed E-state index contributed by atoms with van der Waals surface area (Å²) >= 11 is 12.5. The van der Waals surface area contributed by atoms with E-state index in [0.717, 1.165) is 25.7 Å². The summed E-state index contributed by atoms with van der Waals surface area (Å²) in [6, 6.07) is 14.1. The maximum atomic E-state index is 12.6. The molecule has 6 nitrogen and oxygen atoms in total. The van der Waals surface area contributed by atoms with E-state index in [-0.39, 0.29) is 24.2 Å². The van der Waals surface area contributed by atoms with Crippen LogP contribution in [0.25, 0.3) is 16.9 Å². The van der Waals surface area contributed by atoms with Crippen molar-refractivity contribution >= 4 is 35.1 Å². The number of nitrogens with zero attached hydrogens (tertiary/aromatic N) is 2. The zero-order valence-corrected chi connectivity index (χ0v) is 19.1. The van der Waals surface area contributed by atoms with Gasteiger partial charge in [0.2, 0.25) is 0 Å². The lowest BCUT2D eigenvalue weighted by atomic mass is 10.1. The number of carbonyl (C=O) groups is 2. The van der Waals surface area contributed by atoms with E-state index in [0.29, 0.717) is 32.6 Å². The third-order valence-electron chi connectivity index (χ3n) is 5.47. The molecule has 2 aromatic carbocycles. The van der Waals surface area contributed by atoms with Crippen LogP contribution in [0.4, 0.5) is 0 Å². The molecule has 1 amide bonds. The molecule has 4 rings (SSSR count). The van der Waals surface area contributed by atoms with E-state index in [4.69, 9.17) is 27.9 Å². The standard InChI is InChI=1S/C24H23Cl2N3O3/c1-2-32-24(31)21-14-22(19-12-9-16(25)13-20(19)26)29(28-21)18-10-7-15(8-11-18)23(30)27-17-5-3-4-6-17/h7-14,17H,2-6H2,1H3,(H,27,30). The summed E-state index contributed by atoms with van der Waals surface area (Å²) in [5.74, 6) is -0.609. The van der Waals surface area contributed by atoms with Gasteiger partial charge in [-0.3, -0.25) is 4.79 Å². The van der Waals surface area contributed by atoms with E-state index < -0.39 is 5.97 Å². The van der Waals surface area contributed by atoms with E-state index in [9.17, 15) is 9.59 Å². The number of carbonyl (C=O) groups excluding carboxylic acids is 2. The topological polar surface area (TPSA) is 73.2 Å². The molecule has 1 fully saturated rings. The first-order chi connectivity index (χ1) is 15.5. The second-order valence-electron chi connectivity index (χ2n) is 7.67. The number of amides is 1. The van der Waals surface area contributed by atoms with E-state index in [1.54, 1.807) is 60.1 Å². The van der Waals surface area contributed by atoms with Crippen LogP contribution < -0.4 is 5.32 Å². The first kappa shape index (κ1) is 22.4. The first-order valence-corrected chi connectivity index (χ1v) is 11.4. The van der Waals surface area contributed by atoms with Crippen LogP contribution in [-0.4, -0.2) is 34.3 Å². The quantitative estimate of drug-likeness (QED) is 0.468. The highest BCUT2D eigenvalue weighted by atomic mass is 35.5. The number of rotatable bonds is 6. The van der Waals surface area contributed by atoms with Crippen LogP contribution in [0.5, 0.6) is 0 Å². The highest BCUT2D eigenvalue weighted by molar-refractivity contribution is 6.36. The lowest BCUT2D eigenvalue weighted by Crippen LogP contribution is -2.32. The third-order valence-corrected chi connectivity index (χ3v) is 6.01. The van der Waals surface area contributed by atoms with Crippen molar-refractivity contribution in [3.63, 3.8) is 0 Å². The molecule has 0 aliphatic heterocycles. The van der Waals surface area contributed by atoms with Gasteiger partial charge >= 0.3 is 5.97 Å². The van der Waals surface area contributed by atoms with Crippen molar-refractivity contribution < 1.29 is 14.3 Å². The Morgan fingerprint density at radius 3 is 2.47 bits per heavy atom. The van der Waals surface area contributed by atoms with E-state index in [1.165, 1.54) is 0 Å². The van der Waals surface area contributed by atoms with Gasteiger partial charge in [-0.25, -0.2) is 9.48 Å². The Kier molecular flexibility index (Phi) is 6.82. The Balaban J connectivity index is 1.68. The van der Waals surface area contributed by atoms with Crippen molar-refractivity contribution in [1.29, 1.82) is 0 Å². The second-order valence-corrected chi connectivity index (χ2v) is 8.52. The average Bonchev–Trinajstić information content (AvgIpc) is 3.44. The zero-order valence-electron chi connectivity index (χ0n) is 17.6. The monoisotopic (exact) mass is 471 g/mol. The molecular weight excluding hydrogens is 449 g/mol. The molecule has 1 aliphatic rings. The minimum atomic E-state index is -0.523. The van der Waals surface area contributed by atoms with Gasteiger partial charge in [-0.15, -0.1) is 0 Å². The smallest absolute Gasteiger partial charge is 0.358 e. The molecule has 1 aromatic heterocycles. The third kappa shape index (κ3) is 4.81. The fourth-order valence-electron chi connectivity index (χ4n) is 3.86. The van der Waals surface area contributed by atoms with Gasteiger partial charge in [0.25, 0.3) is 5.91 Å². The van der Waals surface area contributed by atoms with Gasteiger partial charge in [-0.1, -0.05) is 36.0 Å². The highest BCUT2D eigenvalue weighted by Crippen LogP contribution is 2.32. The summed E-state index contributed by atoms with van der Waals surface area (Å²) in [6.07, 6.45) is 4.36. The van der Waals surface area contributed by atoms with Crippen molar-refractivity contribution in [2.75, 3.05) is 6.61 Å². The fourth-order valence-corrected chi connectivity index (χ4v) is 4.37. The molecule has 0 radical (unpaired) electrons. The summed E-state index contributed by atoms with van der Waals surface area (Å²) in [5.41, 5.74) is 2.69. The van der Waals surface area contributed by atoms with Gasteiger partial charge in [0, 0.05) is 22.2 Å². The van der Waals surface area contributed by atoms with E-state index >= 15 is 0 Å². The number of halogens is 2. The summed E-state index contributed by atoms with van der Waals surface area (Å²) in [4.78, 5) is 24.9. The van der Waals surface area contributed by atoms with Gasteiger partial charge < -0.3 is 10.1 Å². The van der Waals surface area contributed by atoms with Crippen molar-refractivity contribution in [3.05, 3.63) is 69.8 Å². The highest BCUT2D eigenvalue weighted by Gasteiger charge is 2.21. The summed E-state index contributed by atoms with van der Waals surface area (Å²) < 4.78 is 6.72. The number of nitrogens with one attached hydrogen (secondary N) is 1. The number of ether oxygens (including phenoxy) is 1. The molecular formula is C24H23Cl2N3O3. The Labute approximate surface area is 196 Å². The van der Waals surface area contributed by atoms with Gasteiger partial charge in [0.15, 0.2) is 5.69 Å². The normalized spacial score (nSPS) is 13.8. The zero-order chi connectivity index (χ0) is 22.7.